The number of hydrogen-bond acceptors (Lipinski definition) is 6. The molecule has 0 bridgehead atoms. The summed E-state index contributed by atoms with van der Waals surface area (Å²) in [6, 6.07) is 8.40. The first kappa shape index (κ1) is 16.0. The average molecular weight is 348 g/mol. The summed E-state index contributed by atoms with van der Waals surface area (Å²) < 4.78 is 10.0. The molecule has 0 radical (unpaired) electrons. The van der Waals surface area contributed by atoms with Gasteiger partial charge in [0, 0.05) is 29.6 Å². The molecule has 0 aliphatic rings. The van der Waals surface area contributed by atoms with E-state index in [1.165, 1.54) is 0 Å². The highest BCUT2D eigenvalue weighted by Crippen LogP contribution is 2.19. The predicted octanol–water partition coefficient (Wildman–Crippen LogP) is 3.05. The molecular formula is C15H14ClN5O3. The zero-order valence-corrected chi connectivity index (χ0v) is 13.5. The normalized spacial score (nSPS) is 10.6. The van der Waals surface area contributed by atoms with Crippen LogP contribution >= 0.6 is 11.6 Å². The number of aromatic nitrogens is 3. The molecule has 0 saturated heterocycles. The second-order valence-electron chi connectivity index (χ2n) is 4.98. The number of aryl methyl sites for hydroxylation is 1. The summed E-state index contributed by atoms with van der Waals surface area (Å²) >= 11 is 5.94. The number of amides is 2. The maximum Gasteiger partial charge on any atom is 0.320 e. The van der Waals surface area contributed by atoms with Gasteiger partial charge in [0.05, 0.1) is 0 Å². The molecule has 3 rings (SSSR count). The number of urea groups is 1. The lowest BCUT2D eigenvalue weighted by Crippen LogP contribution is -2.30. The number of halogens is 1. The molecule has 0 fully saturated rings. The van der Waals surface area contributed by atoms with Gasteiger partial charge in [0.25, 0.3) is 0 Å². The zero-order valence-electron chi connectivity index (χ0n) is 12.7. The molecule has 0 unspecified atom stereocenters. The summed E-state index contributed by atoms with van der Waals surface area (Å²) in [5.41, 5.74) is 0.768. The first-order chi connectivity index (χ1) is 11.6. The second kappa shape index (κ2) is 7.14. The van der Waals surface area contributed by atoms with Gasteiger partial charge < -0.3 is 14.4 Å². The molecule has 0 aliphatic heterocycles. The quantitative estimate of drug-likeness (QED) is 0.734. The molecule has 2 aromatic heterocycles. The Hall–Kier alpha value is -2.87. The molecule has 0 saturated carbocycles. The van der Waals surface area contributed by atoms with Gasteiger partial charge in [-0.3, -0.25) is 5.32 Å². The van der Waals surface area contributed by atoms with Gasteiger partial charge in [-0.1, -0.05) is 34.0 Å². The van der Waals surface area contributed by atoms with E-state index in [2.05, 4.69) is 25.9 Å². The van der Waals surface area contributed by atoms with E-state index in [1.807, 2.05) is 12.1 Å². The Morgan fingerprint density at radius 1 is 1.25 bits per heavy atom. The number of hydrogen-bond donors (Lipinski definition) is 2. The minimum absolute atomic E-state index is 0.333. The molecule has 0 atom stereocenters. The average Bonchev–Trinajstić information content (AvgIpc) is 3.17. The largest absolute Gasteiger partial charge is 0.360 e. The Labute approximate surface area is 142 Å². The minimum Gasteiger partial charge on any atom is -0.360 e. The Morgan fingerprint density at radius 2 is 2.12 bits per heavy atom. The van der Waals surface area contributed by atoms with Crippen molar-refractivity contribution in [3.05, 3.63) is 47.0 Å². The molecule has 0 aliphatic carbocycles. The highest BCUT2D eigenvalue weighted by molar-refractivity contribution is 6.30. The fraction of sp³-hybridized carbons (Fsp3) is 0.200. The van der Waals surface area contributed by atoms with Gasteiger partial charge in [-0.25, -0.2) is 4.79 Å². The van der Waals surface area contributed by atoms with Gasteiger partial charge >= 0.3 is 6.03 Å². The topological polar surface area (TPSA) is 106 Å². The lowest BCUT2D eigenvalue weighted by molar-refractivity contribution is 0.251. The lowest BCUT2D eigenvalue weighted by atomic mass is 10.2. The number of rotatable bonds is 5. The third-order valence-corrected chi connectivity index (χ3v) is 3.28. The summed E-state index contributed by atoms with van der Waals surface area (Å²) in [5, 5.41) is 13.4. The minimum atomic E-state index is -0.391. The number of anilines is 1. The van der Waals surface area contributed by atoms with Crippen LogP contribution in [0.5, 0.6) is 0 Å². The van der Waals surface area contributed by atoms with E-state index in [9.17, 15) is 4.79 Å². The third-order valence-electron chi connectivity index (χ3n) is 3.04. The van der Waals surface area contributed by atoms with Gasteiger partial charge in [0.15, 0.2) is 5.82 Å². The van der Waals surface area contributed by atoms with E-state index in [-0.39, 0.29) is 0 Å². The lowest BCUT2D eigenvalue weighted by Gasteiger charge is -2.02. The van der Waals surface area contributed by atoms with E-state index in [0.29, 0.717) is 41.3 Å². The number of nitrogens with one attached hydrogen (secondary N) is 2. The molecular weight excluding hydrogens is 334 g/mol. The van der Waals surface area contributed by atoms with Crippen molar-refractivity contribution in [2.75, 3.05) is 11.9 Å². The molecule has 24 heavy (non-hydrogen) atoms. The standard InChI is InChI=1S/C15H14ClN5O3/c1-9-7-12(20-23-9)18-15(22)17-6-5-13-19-14(21-24-13)10-3-2-4-11(16)8-10/h2-4,7-8H,5-6H2,1H3,(H2,17,18,20,22). The highest BCUT2D eigenvalue weighted by atomic mass is 35.5. The highest BCUT2D eigenvalue weighted by Gasteiger charge is 2.10. The molecule has 124 valence electrons. The predicted molar refractivity (Wildman–Crippen MR) is 86.7 cm³/mol. The van der Waals surface area contributed by atoms with Crippen molar-refractivity contribution in [1.29, 1.82) is 0 Å². The molecule has 9 heteroatoms. The number of carbonyl (C=O) groups is 1. The van der Waals surface area contributed by atoms with Crippen molar-refractivity contribution >= 4 is 23.4 Å². The van der Waals surface area contributed by atoms with Gasteiger partial charge in [-0.15, -0.1) is 0 Å². The fourth-order valence-corrected chi connectivity index (χ4v) is 2.16. The summed E-state index contributed by atoms with van der Waals surface area (Å²) in [6.07, 6.45) is 0.402. The van der Waals surface area contributed by atoms with Crippen LogP contribution in [0.15, 0.2) is 39.4 Å². The molecule has 2 heterocycles. The van der Waals surface area contributed by atoms with Crippen molar-refractivity contribution in [1.82, 2.24) is 20.6 Å². The molecule has 2 amide bonds. The SMILES string of the molecule is Cc1cc(NC(=O)NCCc2nc(-c3cccc(Cl)c3)no2)no1. The van der Waals surface area contributed by atoms with E-state index in [1.54, 1.807) is 25.1 Å². The maximum absolute atomic E-state index is 11.7. The van der Waals surface area contributed by atoms with Gasteiger partial charge in [0.2, 0.25) is 11.7 Å². The molecule has 3 aromatic rings. The molecule has 1 aromatic carbocycles. The van der Waals surface area contributed by atoms with Crippen LogP contribution in [0.3, 0.4) is 0 Å². The second-order valence-corrected chi connectivity index (χ2v) is 5.41. The fourth-order valence-electron chi connectivity index (χ4n) is 1.97. The summed E-state index contributed by atoms with van der Waals surface area (Å²) in [5.74, 6) is 1.84. The molecule has 0 spiro atoms. The Bertz CT molecular complexity index is 845. The van der Waals surface area contributed by atoms with E-state index in [0.717, 1.165) is 5.56 Å². The van der Waals surface area contributed by atoms with Crippen molar-refractivity contribution in [3.63, 3.8) is 0 Å². The summed E-state index contributed by atoms with van der Waals surface area (Å²) in [7, 11) is 0. The van der Waals surface area contributed by atoms with Gasteiger partial charge in [0.1, 0.15) is 5.76 Å². The van der Waals surface area contributed by atoms with Crippen LogP contribution in [0.2, 0.25) is 5.02 Å². The monoisotopic (exact) mass is 347 g/mol. The van der Waals surface area contributed by atoms with Crippen molar-refractivity contribution in [2.45, 2.75) is 13.3 Å². The first-order valence-corrected chi connectivity index (χ1v) is 7.54. The van der Waals surface area contributed by atoms with Crippen LogP contribution in [0, 0.1) is 6.92 Å². The van der Waals surface area contributed by atoms with Crippen LogP contribution in [0.1, 0.15) is 11.7 Å². The number of benzene rings is 1. The summed E-state index contributed by atoms with van der Waals surface area (Å²) in [4.78, 5) is 16.0. The molecule has 2 N–H and O–H groups in total. The van der Waals surface area contributed by atoms with Crippen LogP contribution in [-0.4, -0.2) is 27.9 Å². The Balaban J connectivity index is 1.49. The van der Waals surface area contributed by atoms with Crippen LogP contribution in [0.4, 0.5) is 10.6 Å². The van der Waals surface area contributed by atoms with Crippen molar-refractivity contribution in [2.24, 2.45) is 0 Å². The zero-order chi connectivity index (χ0) is 16.9. The Morgan fingerprint density at radius 3 is 2.88 bits per heavy atom. The van der Waals surface area contributed by atoms with E-state index in [4.69, 9.17) is 20.6 Å². The van der Waals surface area contributed by atoms with Crippen molar-refractivity contribution < 1.29 is 13.8 Å². The van der Waals surface area contributed by atoms with E-state index < -0.39 is 6.03 Å². The number of carbonyl (C=O) groups excluding carboxylic acids is 1. The molecule has 8 nitrogen and oxygen atoms in total. The van der Waals surface area contributed by atoms with Crippen LogP contribution < -0.4 is 10.6 Å². The first-order valence-electron chi connectivity index (χ1n) is 7.17. The number of nitrogens with zero attached hydrogens (tertiary/aromatic N) is 3. The van der Waals surface area contributed by atoms with E-state index >= 15 is 0 Å². The maximum atomic E-state index is 11.7. The van der Waals surface area contributed by atoms with Crippen LogP contribution in [-0.2, 0) is 6.42 Å². The van der Waals surface area contributed by atoms with Gasteiger partial charge in [-0.2, -0.15) is 4.98 Å². The third kappa shape index (κ3) is 4.11. The smallest absolute Gasteiger partial charge is 0.320 e. The van der Waals surface area contributed by atoms with Crippen molar-refractivity contribution in [3.8, 4) is 11.4 Å². The van der Waals surface area contributed by atoms with Crippen LogP contribution in [0.25, 0.3) is 11.4 Å². The Kier molecular flexibility index (Phi) is 4.76. The van der Waals surface area contributed by atoms with Gasteiger partial charge in [-0.05, 0) is 19.1 Å². The summed E-state index contributed by atoms with van der Waals surface area (Å²) in [6.45, 7) is 2.07.